The molecule has 140 valence electrons. The van der Waals surface area contributed by atoms with E-state index in [9.17, 15) is 4.79 Å². The van der Waals surface area contributed by atoms with Crippen molar-refractivity contribution in [3.05, 3.63) is 29.3 Å². The van der Waals surface area contributed by atoms with Crippen LogP contribution in [0.25, 0.3) is 6.08 Å². The Morgan fingerprint density at radius 3 is 2.28 bits per heavy atom. The van der Waals surface area contributed by atoms with Gasteiger partial charge in [0.1, 0.15) is 0 Å². The molecule has 0 radical (unpaired) electrons. The van der Waals surface area contributed by atoms with Crippen LogP contribution in [-0.2, 0) is 0 Å². The Morgan fingerprint density at radius 2 is 1.80 bits per heavy atom. The summed E-state index contributed by atoms with van der Waals surface area (Å²) in [5.74, 6) is 1.07. The number of carbonyl (C=O) groups is 1. The van der Waals surface area contributed by atoms with Crippen molar-refractivity contribution < 1.29 is 14.3 Å². The highest BCUT2D eigenvalue weighted by atomic mass is 16.5. The average molecular weight is 348 g/mol. The molecule has 0 saturated carbocycles. The zero-order valence-electron chi connectivity index (χ0n) is 16.6. The van der Waals surface area contributed by atoms with E-state index in [2.05, 4.69) is 37.9 Å². The summed E-state index contributed by atoms with van der Waals surface area (Å²) in [5.41, 5.74) is 1.38. The van der Waals surface area contributed by atoms with Gasteiger partial charge in [0.15, 0.2) is 11.5 Å². The Morgan fingerprint density at radius 1 is 1.16 bits per heavy atom. The largest absolute Gasteiger partial charge is 0.493 e. The highest BCUT2D eigenvalue weighted by Crippen LogP contribution is 2.33. The summed E-state index contributed by atoms with van der Waals surface area (Å²) in [4.78, 5) is 14.9. The number of hydrogen-bond donors (Lipinski definition) is 1. The molecule has 5 nitrogen and oxygen atoms in total. The molecule has 25 heavy (non-hydrogen) atoms. The second kappa shape index (κ2) is 10.1. The van der Waals surface area contributed by atoms with Gasteiger partial charge in [0, 0.05) is 36.3 Å². The third-order valence-corrected chi connectivity index (χ3v) is 4.10. The summed E-state index contributed by atoms with van der Waals surface area (Å²) in [5, 5.41) is 3.00. The predicted molar refractivity (Wildman–Crippen MR) is 104 cm³/mol. The van der Waals surface area contributed by atoms with Gasteiger partial charge in [-0.05, 0) is 46.8 Å². The van der Waals surface area contributed by atoms with Crippen LogP contribution in [0.2, 0.25) is 0 Å². The normalized spacial score (nSPS) is 11.6. The maximum atomic E-state index is 12.5. The van der Waals surface area contributed by atoms with Crippen LogP contribution < -0.4 is 14.8 Å². The molecule has 0 spiro atoms. The smallest absolute Gasteiger partial charge is 0.251 e. The molecule has 0 aliphatic heterocycles. The summed E-state index contributed by atoms with van der Waals surface area (Å²) in [6.07, 6.45) is 3.81. The quantitative estimate of drug-likeness (QED) is 0.741. The van der Waals surface area contributed by atoms with Crippen molar-refractivity contribution in [2.75, 3.05) is 27.3 Å². The molecule has 1 rings (SSSR count). The number of ether oxygens (including phenoxy) is 2. The standard InChI is InChI=1S/C20H32N2O3/c1-8-9-16-12-17(13-18(24-6)19(16)25-7)20(23)21-10-11-22(14(2)3)15(4)5/h8-9,12-15H,10-11H2,1-7H3,(H,21,23)/b9-8+. The number of amides is 1. The molecule has 0 unspecified atom stereocenters. The summed E-state index contributed by atoms with van der Waals surface area (Å²) >= 11 is 0. The first kappa shape index (κ1) is 21.0. The average Bonchev–Trinajstić information content (AvgIpc) is 2.57. The minimum atomic E-state index is -0.112. The van der Waals surface area contributed by atoms with Gasteiger partial charge < -0.3 is 14.8 Å². The molecule has 0 bridgehead atoms. The molecule has 0 aliphatic carbocycles. The lowest BCUT2D eigenvalue weighted by Crippen LogP contribution is -2.42. The summed E-state index contributed by atoms with van der Waals surface area (Å²) in [6, 6.07) is 4.42. The van der Waals surface area contributed by atoms with Crippen LogP contribution in [0.15, 0.2) is 18.2 Å². The third kappa shape index (κ3) is 5.78. The fourth-order valence-electron chi connectivity index (χ4n) is 2.94. The summed E-state index contributed by atoms with van der Waals surface area (Å²) in [7, 11) is 3.17. The maximum absolute atomic E-state index is 12.5. The van der Waals surface area contributed by atoms with E-state index >= 15 is 0 Å². The summed E-state index contributed by atoms with van der Waals surface area (Å²) in [6.45, 7) is 12.0. The van der Waals surface area contributed by atoms with Gasteiger partial charge in [-0.1, -0.05) is 12.2 Å². The molecule has 0 aromatic heterocycles. The van der Waals surface area contributed by atoms with Gasteiger partial charge in [-0.25, -0.2) is 0 Å². The van der Waals surface area contributed by atoms with Gasteiger partial charge in [-0.15, -0.1) is 0 Å². The zero-order valence-corrected chi connectivity index (χ0v) is 16.6. The van der Waals surface area contributed by atoms with Gasteiger partial charge >= 0.3 is 0 Å². The van der Waals surface area contributed by atoms with E-state index in [1.165, 1.54) is 0 Å². The molecule has 1 aromatic rings. The molecular formula is C20H32N2O3. The van der Waals surface area contributed by atoms with Gasteiger partial charge in [0.2, 0.25) is 0 Å². The van der Waals surface area contributed by atoms with Crippen LogP contribution in [-0.4, -0.2) is 50.2 Å². The van der Waals surface area contributed by atoms with E-state index < -0.39 is 0 Å². The van der Waals surface area contributed by atoms with Crippen molar-refractivity contribution in [1.82, 2.24) is 10.2 Å². The van der Waals surface area contributed by atoms with E-state index in [1.54, 1.807) is 20.3 Å². The predicted octanol–water partition coefficient (Wildman–Crippen LogP) is 3.59. The summed E-state index contributed by atoms with van der Waals surface area (Å²) < 4.78 is 10.8. The van der Waals surface area contributed by atoms with Crippen molar-refractivity contribution in [2.24, 2.45) is 0 Å². The molecule has 1 aromatic carbocycles. The van der Waals surface area contributed by atoms with Crippen LogP contribution in [0.3, 0.4) is 0 Å². The third-order valence-electron chi connectivity index (χ3n) is 4.10. The van der Waals surface area contributed by atoms with Crippen LogP contribution in [0.5, 0.6) is 11.5 Å². The van der Waals surface area contributed by atoms with Crippen LogP contribution in [0, 0.1) is 0 Å². The van der Waals surface area contributed by atoms with Crippen LogP contribution >= 0.6 is 0 Å². The number of benzene rings is 1. The van der Waals surface area contributed by atoms with Gasteiger partial charge in [-0.2, -0.15) is 0 Å². The van der Waals surface area contributed by atoms with Crippen molar-refractivity contribution >= 4 is 12.0 Å². The lowest BCUT2D eigenvalue weighted by Gasteiger charge is -2.30. The molecule has 0 saturated heterocycles. The molecule has 0 atom stereocenters. The number of nitrogens with one attached hydrogen (secondary N) is 1. The number of carbonyl (C=O) groups excluding carboxylic acids is 1. The highest BCUT2D eigenvalue weighted by Gasteiger charge is 2.16. The van der Waals surface area contributed by atoms with Crippen molar-refractivity contribution in [1.29, 1.82) is 0 Å². The number of methoxy groups -OCH3 is 2. The minimum absolute atomic E-state index is 0.112. The van der Waals surface area contributed by atoms with E-state index in [1.807, 2.05) is 25.1 Å². The van der Waals surface area contributed by atoms with Crippen molar-refractivity contribution in [2.45, 2.75) is 46.7 Å². The lowest BCUT2D eigenvalue weighted by atomic mass is 10.1. The highest BCUT2D eigenvalue weighted by molar-refractivity contribution is 5.95. The van der Waals surface area contributed by atoms with Crippen LogP contribution in [0.1, 0.15) is 50.5 Å². The molecule has 1 N–H and O–H groups in total. The van der Waals surface area contributed by atoms with Crippen LogP contribution in [0.4, 0.5) is 0 Å². The maximum Gasteiger partial charge on any atom is 0.251 e. The molecule has 0 heterocycles. The first-order valence-electron chi connectivity index (χ1n) is 8.78. The van der Waals surface area contributed by atoms with E-state index in [-0.39, 0.29) is 5.91 Å². The van der Waals surface area contributed by atoms with E-state index in [4.69, 9.17) is 9.47 Å². The second-order valence-corrected chi connectivity index (χ2v) is 6.48. The molecule has 0 fully saturated rings. The fraction of sp³-hybridized carbons (Fsp3) is 0.550. The fourth-order valence-corrected chi connectivity index (χ4v) is 2.94. The number of rotatable bonds is 9. The van der Waals surface area contributed by atoms with E-state index in [0.29, 0.717) is 35.7 Å². The van der Waals surface area contributed by atoms with Gasteiger partial charge in [0.05, 0.1) is 14.2 Å². The Bertz CT molecular complexity index is 587. The number of hydrogen-bond acceptors (Lipinski definition) is 4. The molecule has 5 heteroatoms. The lowest BCUT2D eigenvalue weighted by molar-refractivity contribution is 0.0939. The zero-order chi connectivity index (χ0) is 19.0. The Balaban J connectivity index is 2.89. The monoisotopic (exact) mass is 348 g/mol. The Labute approximate surface area is 152 Å². The minimum Gasteiger partial charge on any atom is -0.493 e. The van der Waals surface area contributed by atoms with Crippen molar-refractivity contribution in [3.63, 3.8) is 0 Å². The van der Waals surface area contributed by atoms with Gasteiger partial charge in [-0.3, -0.25) is 9.69 Å². The van der Waals surface area contributed by atoms with Crippen molar-refractivity contribution in [3.8, 4) is 11.5 Å². The Kier molecular flexibility index (Phi) is 8.49. The van der Waals surface area contributed by atoms with E-state index in [0.717, 1.165) is 12.1 Å². The second-order valence-electron chi connectivity index (χ2n) is 6.48. The molecule has 1 amide bonds. The first-order valence-corrected chi connectivity index (χ1v) is 8.78. The number of allylic oxidation sites excluding steroid dienone is 1. The molecule has 0 aliphatic rings. The number of nitrogens with zero attached hydrogens (tertiary/aromatic N) is 1. The topological polar surface area (TPSA) is 50.8 Å². The van der Waals surface area contributed by atoms with Gasteiger partial charge in [0.25, 0.3) is 5.91 Å². The molecular weight excluding hydrogens is 316 g/mol. The first-order chi connectivity index (χ1) is 11.8. The SMILES string of the molecule is C/C=C/c1cc(C(=O)NCCN(C(C)C)C(C)C)cc(OC)c1OC. The Hall–Kier alpha value is -2.01.